The molecular formula is C19H18ClNO4. The van der Waals surface area contributed by atoms with E-state index < -0.39 is 17.8 Å². The first-order valence-corrected chi connectivity index (χ1v) is 8.42. The monoisotopic (exact) mass is 359 g/mol. The van der Waals surface area contributed by atoms with Gasteiger partial charge in [0, 0.05) is 5.02 Å². The zero-order chi connectivity index (χ0) is 17.8. The number of hydrogen-bond acceptors (Lipinski definition) is 3. The van der Waals surface area contributed by atoms with E-state index in [-0.39, 0.29) is 5.91 Å². The summed E-state index contributed by atoms with van der Waals surface area (Å²) in [4.78, 5) is 23.4. The summed E-state index contributed by atoms with van der Waals surface area (Å²) in [6.07, 6.45) is 1.13. The Balaban J connectivity index is 1.66. The summed E-state index contributed by atoms with van der Waals surface area (Å²) in [7, 11) is 0. The maximum atomic E-state index is 12.3. The molecule has 0 aromatic heterocycles. The molecule has 1 fully saturated rings. The van der Waals surface area contributed by atoms with E-state index in [2.05, 4.69) is 5.32 Å². The fourth-order valence-electron chi connectivity index (χ4n) is 2.82. The summed E-state index contributed by atoms with van der Waals surface area (Å²) >= 11 is 5.96. The Morgan fingerprint density at radius 3 is 2.56 bits per heavy atom. The SMILES string of the molecule is O=C(O)C1CCC1C(=O)Nc1ccccc1OCc1cccc(Cl)c1. The predicted molar refractivity (Wildman–Crippen MR) is 94.7 cm³/mol. The van der Waals surface area contributed by atoms with Gasteiger partial charge in [0.05, 0.1) is 17.5 Å². The average molecular weight is 360 g/mol. The van der Waals surface area contributed by atoms with Crippen molar-refractivity contribution < 1.29 is 19.4 Å². The molecule has 1 aliphatic carbocycles. The lowest BCUT2D eigenvalue weighted by Gasteiger charge is -2.32. The van der Waals surface area contributed by atoms with Crippen LogP contribution in [-0.2, 0) is 16.2 Å². The highest BCUT2D eigenvalue weighted by atomic mass is 35.5. The van der Waals surface area contributed by atoms with Gasteiger partial charge >= 0.3 is 5.97 Å². The molecule has 2 atom stereocenters. The number of rotatable bonds is 6. The quantitative estimate of drug-likeness (QED) is 0.818. The van der Waals surface area contributed by atoms with Crippen LogP contribution in [0.2, 0.25) is 5.02 Å². The fourth-order valence-corrected chi connectivity index (χ4v) is 3.03. The molecule has 1 amide bonds. The van der Waals surface area contributed by atoms with Crippen molar-refractivity contribution in [3.8, 4) is 5.75 Å². The molecule has 0 saturated heterocycles. The molecule has 25 heavy (non-hydrogen) atoms. The normalized spacial score (nSPS) is 18.9. The second-order valence-corrected chi connectivity index (χ2v) is 6.47. The van der Waals surface area contributed by atoms with Crippen LogP contribution >= 0.6 is 11.6 Å². The Labute approximate surface area is 150 Å². The standard InChI is InChI=1S/C19H18ClNO4/c20-13-5-3-4-12(10-13)11-25-17-7-2-1-6-16(17)21-18(22)14-8-9-15(14)19(23)24/h1-7,10,14-15H,8-9,11H2,(H,21,22)(H,23,24). The molecular weight excluding hydrogens is 342 g/mol. The van der Waals surface area contributed by atoms with Gasteiger partial charge in [0.15, 0.2) is 0 Å². The van der Waals surface area contributed by atoms with Crippen LogP contribution in [0.15, 0.2) is 48.5 Å². The summed E-state index contributed by atoms with van der Waals surface area (Å²) in [6.45, 7) is 0.314. The Morgan fingerprint density at radius 2 is 1.88 bits per heavy atom. The van der Waals surface area contributed by atoms with Crippen LogP contribution in [0.25, 0.3) is 0 Å². The first-order chi connectivity index (χ1) is 12.0. The number of ether oxygens (including phenoxy) is 1. The zero-order valence-corrected chi connectivity index (χ0v) is 14.2. The number of amides is 1. The topological polar surface area (TPSA) is 75.6 Å². The Hall–Kier alpha value is -2.53. The van der Waals surface area contributed by atoms with Crippen molar-refractivity contribution in [2.45, 2.75) is 19.4 Å². The Kier molecular flexibility index (Phi) is 5.24. The van der Waals surface area contributed by atoms with Crippen molar-refractivity contribution in [1.29, 1.82) is 0 Å². The molecule has 2 aromatic rings. The highest BCUT2D eigenvalue weighted by Crippen LogP contribution is 2.36. The summed E-state index contributed by atoms with van der Waals surface area (Å²) in [6, 6.07) is 14.4. The Bertz CT molecular complexity index is 792. The van der Waals surface area contributed by atoms with Crippen molar-refractivity contribution in [2.75, 3.05) is 5.32 Å². The third kappa shape index (κ3) is 4.12. The zero-order valence-electron chi connectivity index (χ0n) is 13.4. The van der Waals surface area contributed by atoms with E-state index in [9.17, 15) is 9.59 Å². The maximum absolute atomic E-state index is 12.3. The molecule has 0 aliphatic heterocycles. The molecule has 0 spiro atoms. The van der Waals surface area contributed by atoms with Crippen LogP contribution in [0.1, 0.15) is 18.4 Å². The predicted octanol–water partition coefficient (Wildman–Crippen LogP) is 3.97. The van der Waals surface area contributed by atoms with Crippen LogP contribution in [-0.4, -0.2) is 17.0 Å². The number of carbonyl (C=O) groups is 2. The first-order valence-electron chi connectivity index (χ1n) is 8.04. The van der Waals surface area contributed by atoms with Gasteiger partial charge < -0.3 is 15.2 Å². The van der Waals surface area contributed by atoms with Crippen LogP contribution in [0, 0.1) is 11.8 Å². The molecule has 130 valence electrons. The summed E-state index contributed by atoms with van der Waals surface area (Å²) in [5.74, 6) is -1.76. The summed E-state index contributed by atoms with van der Waals surface area (Å²) in [5, 5.41) is 12.5. The minimum Gasteiger partial charge on any atom is -0.487 e. The molecule has 1 saturated carbocycles. The van der Waals surface area contributed by atoms with E-state index in [1.807, 2.05) is 24.3 Å². The molecule has 0 radical (unpaired) electrons. The minimum absolute atomic E-state index is 0.280. The lowest BCUT2D eigenvalue weighted by Crippen LogP contribution is -2.41. The van der Waals surface area contributed by atoms with E-state index in [1.165, 1.54) is 0 Å². The lowest BCUT2D eigenvalue weighted by molar-refractivity contribution is -0.151. The highest BCUT2D eigenvalue weighted by Gasteiger charge is 2.41. The van der Waals surface area contributed by atoms with Gasteiger partial charge in [0.1, 0.15) is 12.4 Å². The van der Waals surface area contributed by atoms with Crippen molar-refractivity contribution in [3.63, 3.8) is 0 Å². The molecule has 1 aliphatic rings. The third-order valence-electron chi connectivity index (χ3n) is 4.36. The number of nitrogens with one attached hydrogen (secondary N) is 1. The molecule has 3 rings (SSSR count). The van der Waals surface area contributed by atoms with Crippen LogP contribution in [0.3, 0.4) is 0 Å². The summed E-state index contributed by atoms with van der Waals surface area (Å²) < 4.78 is 5.80. The number of benzene rings is 2. The third-order valence-corrected chi connectivity index (χ3v) is 4.59. The Morgan fingerprint density at radius 1 is 1.12 bits per heavy atom. The maximum Gasteiger partial charge on any atom is 0.307 e. The van der Waals surface area contributed by atoms with Crippen LogP contribution in [0.4, 0.5) is 5.69 Å². The van der Waals surface area contributed by atoms with E-state index in [0.29, 0.717) is 35.9 Å². The van der Waals surface area contributed by atoms with Crippen molar-refractivity contribution in [2.24, 2.45) is 11.8 Å². The lowest BCUT2D eigenvalue weighted by atomic mass is 9.73. The van der Waals surface area contributed by atoms with E-state index in [1.54, 1.807) is 24.3 Å². The van der Waals surface area contributed by atoms with E-state index in [0.717, 1.165) is 5.56 Å². The largest absolute Gasteiger partial charge is 0.487 e. The molecule has 2 unspecified atom stereocenters. The minimum atomic E-state index is -0.920. The van der Waals surface area contributed by atoms with Crippen molar-refractivity contribution in [1.82, 2.24) is 0 Å². The van der Waals surface area contributed by atoms with Gasteiger partial charge in [-0.1, -0.05) is 35.9 Å². The number of para-hydroxylation sites is 2. The number of anilines is 1. The molecule has 0 bridgehead atoms. The molecule has 0 heterocycles. The number of carboxylic acids is 1. The molecule has 2 N–H and O–H groups in total. The second-order valence-electron chi connectivity index (χ2n) is 6.03. The summed E-state index contributed by atoms with van der Waals surface area (Å²) in [5.41, 5.74) is 1.45. The van der Waals surface area contributed by atoms with Gasteiger partial charge in [0.2, 0.25) is 5.91 Å². The number of carboxylic acid groups (broad SMARTS) is 1. The smallest absolute Gasteiger partial charge is 0.307 e. The molecule has 2 aromatic carbocycles. The number of aliphatic carboxylic acids is 1. The van der Waals surface area contributed by atoms with Crippen molar-refractivity contribution >= 4 is 29.2 Å². The van der Waals surface area contributed by atoms with Gasteiger partial charge in [0.25, 0.3) is 0 Å². The average Bonchev–Trinajstić information content (AvgIpc) is 2.52. The van der Waals surface area contributed by atoms with Gasteiger partial charge in [-0.15, -0.1) is 0 Å². The van der Waals surface area contributed by atoms with Gasteiger partial charge in [-0.3, -0.25) is 9.59 Å². The molecule has 6 heteroatoms. The second kappa shape index (κ2) is 7.57. The van der Waals surface area contributed by atoms with E-state index >= 15 is 0 Å². The van der Waals surface area contributed by atoms with Crippen LogP contribution in [0.5, 0.6) is 5.75 Å². The van der Waals surface area contributed by atoms with Gasteiger partial charge in [-0.25, -0.2) is 0 Å². The fraction of sp³-hybridized carbons (Fsp3) is 0.263. The van der Waals surface area contributed by atoms with Gasteiger partial charge in [-0.2, -0.15) is 0 Å². The van der Waals surface area contributed by atoms with Crippen LogP contribution < -0.4 is 10.1 Å². The van der Waals surface area contributed by atoms with Gasteiger partial charge in [-0.05, 0) is 42.7 Å². The highest BCUT2D eigenvalue weighted by molar-refractivity contribution is 6.30. The number of hydrogen-bond donors (Lipinski definition) is 2. The first kappa shape index (κ1) is 17.3. The number of halogens is 1. The number of carbonyl (C=O) groups excluding carboxylic acids is 1. The van der Waals surface area contributed by atoms with Crippen molar-refractivity contribution in [3.05, 3.63) is 59.1 Å². The van der Waals surface area contributed by atoms with E-state index in [4.69, 9.17) is 21.4 Å². The molecule has 5 nitrogen and oxygen atoms in total.